The fourth-order valence-electron chi connectivity index (χ4n) is 3.57. The van der Waals surface area contributed by atoms with Gasteiger partial charge in [-0.1, -0.05) is 60.7 Å². The molecule has 2 N–H and O–H groups in total. The van der Waals surface area contributed by atoms with Crippen molar-refractivity contribution < 1.29 is 19.4 Å². The molecule has 0 saturated carbocycles. The summed E-state index contributed by atoms with van der Waals surface area (Å²) in [6.45, 7) is 4.05. The van der Waals surface area contributed by atoms with Crippen molar-refractivity contribution in [3.63, 3.8) is 0 Å². The van der Waals surface area contributed by atoms with E-state index in [1.807, 2.05) is 36.4 Å². The van der Waals surface area contributed by atoms with Gasteiger partial charge in [-0.15, -0.1) is 0 Å². The van der Waals surface area contributed by atoms with E-state index in [-0.39, 0.29) is 0 Å². The van der Waals surface area contributed by atoms with Crippen molar-refractivity contribution in [2.24, 2.45) is 0 Å². The standard InChI is InChI=1S/C27H29NO4/c1-18-21(11-8-12-23(18)22-9-6-5-7-10-22)14-13-20-15-25(31-3)24(26(16-20)32-4)17-28-19(2)27(29)30/h5-16,19,28H,17H2,1-4H3,(H,29,30)/b14-13+/t19-/m0/s1. The predicted molar refractivity (Wildman–Crippen MR) is 129 cm³/mol. The highest BCUT2D eigenvalue weighted by atomic mass is 16.5. The monoisotopic (exact) mass is 431 g/mol. The van der Waals surface area contributed by atoms with Crippen LogP contribution in [0.4, 0.5) is 0 Å². The molecule has 5 nitrogen and oxygen atoms in total. The van der Waals surface area contributed by atoms with Gasteiger partial charge in [0.15, 0.2) is 0 Å². The molecule has 0 bridgehead atoms. The molecule has 3 aromatic carbocycles. The van der Waals surface area contributed by atoms with Gasteiger partial charge < -0.3 is 19.9 Å². The fraction of sp³-hybridized carbons (Fsp3) is 0.222. The lowest BCUT2D eigenvalue weighted by Crippen LogP contribution is -2.33. The number of rotatable bonds is 9. The van der Waals surface area contributed by atoms with Crippen LogP contribution in [0.1, 0.15) is 29.2 Å². The zero-order valence-electron chi connectivity index (χ0n) is 18.9. The Labute approximate surface area is 189 Å². The van der Waals surface area contributed by atoms with E-state index in [2.05, 4.69) is 48.6 Å². The third kappa shape index (κ3) is 5.37. The number of nitrogens with one attached hydrogen (secondary N) is 1. The van der Waals surface area contributed by atoms with Gasteiger partial charge >= 0.3 is 5.97 Å². The maximum absolute atomic E-state index is 11.1. The van der Waals surface area contributed by atoms with E-state index in [1.54, 1.807) is 21.1 Å². The molecule has 0 aliphatic carbocycles. The number of hydrogen-bond donors (Lipinski definition) is 2. The SMILES string of the molecule is COc1cc(/C=C/c2cccc(-c3ccccc3)c2C)cc(OC)c1CN[C@@H](C)C(=O)O. The molecular formula is C27H29NO4. The number of carbonyl (C=O) groups is 1. The van der Waals surface area contributed by atoms with Crippen LogP contribution in [0.25, 0.3) is 23.3 Å². The molecule has 0 aliphatic heterocycles. The lowest BCUT2D eigenvalue weighted by atomic mass is 9.96. The van der Waals surface area contributed by atoms with Crippen LogP contribution in [-0.4, -0.2) is 31.3 Å². The van der Waals surface area contributed by atoms with E-state index in [1.165, 1.54) is 16.7 Å². The summed E-state index contributed by atoms with van der Waals surface area (Å²) in [5, 5.41) is 12.1. The summed E-state index contributed by atoms with van der Waals surface area (Å²) in [7, 11) is 3.19. The Morgan fingerprint density at radius 2 is 1.66 bits per heavy atom. The topological polar surface area (TPSA) is 67.8 Å². The van der Waals surface area contributed by atoms with Crippen LogP contribution in [0.15, 0.2) is 60.7 Å². The van der Waals surface area contributed by atoms with Crippen LogP contribution in [0.5, 0.6) is 11.5 Å². The molecule has 1 atom stereocenters. The van der Waals surface area contributed by atoms with Gasteiger partial charge in [0.25, 0.3) is 0 Å². The van der Waals surface area contributed by atoms with E-state index in [9.17, 15) is 4.79 Å². The third-order valence-corrected chi connectivity index (χ3v) is 5.50. The molecule has 0 fully saturated rings. The van der Waals surface area contributed by atoms with Crippen LogP contribution >= 0.6 is 0 Å². The van der Waals surface area contributed by atoms with E-state index in [0.29, 0.717) is 18.0 Å². The molecule has 0 amide bonds. The zero-order chi connectivity index (χ0) is 23.1. The Morgan fingerprint density at radius 1 is 1.00 bits per heavy atom. The van der Waals surface area contributed by atoms with Gasteiger partial charge in [-0.2, -0.15) is 0 Å². The molecule has 0 heterocycles. The first-order valence-corrected chi connectivity index (χ1v) is 10.5. The Hall–Kier alpha value is -3.57. The first kappa shape index (κ1) is 23.1. The maximum Gasteiger partial charge on any atom is 0.320 e. The molecule has 0 aliphatic rings. The molecule has 5 heteroatoms. The van der Waals surface area contributed by atoms with Crippen molar-refractivity contribution in [2.45, 2.75) is 26.4 Å². The van der Waals surface area contributed by atoms with Crippen molar-refractivity contribution in [1.82, 2.24) is 5.32 Å². The predicted octanol–water partition coefficient (Wildman–Crippen LogP) is 5.41. The molecule has 0 spiro atoms. The highest BCUT2D eigenvalue weighted by molar-refractivity contribution is 5.78. The van der Waals surface area contributed by atoms with Gasteiger partial charge in [-0.3, -0.25) is 4.79 Å². The smallest absolute Gasteiger partial charge is 0.320 e. The fourth-order valence-corrected chi connectivity index (χ4v) is 3.57. The molecular weight excluding hydrogens is 402 g/mol. The van der Waals surface area contributed by atoms with Crippen LogP contribution in [0.2, 0.25) is 0 Å². The van der Waals surface area contributed by atoms with E-state index in [4.69, 9.17) is 14.6 Å². The summed E-state index contributed by atoms with van der Waals surface area (Å²) < 4.78 is 11.1. The summed E-state index contributed by atoms with van der Waals surface area (Å²) in [6, 6.07) is 19.8. The second-order valence-electron chi connectivity index (χ2n) is 7.56. The number of methoxy groups -OCH3 is 2. The summed E-state index contributed by atoms with van der Waals surface area (Å²) >= 11 is 0. The molecule has 0 aromatic heterocycles. The lowest BCUT2D eigenvalue weighted by Gasteiger charge is -2.16. The van der Waals surface area contributed by atoms with Gasteiger partial charge in [0.1, 0.15) is 17.5 Å². The Morgan fingerprint density at radius 3 is 2.25 bits per heavy atom. The molecule has 0 radical (unpaired) electrons. The molecule has 32 heavy (non-hydrogen) atoms. The van der Waals surface area contributed by atoms with Crippen LogP contribution in [0.3, 0.4) is 0 Å². The maximum atomic E-state index is 11.1. The Balaban J connectivity index is 1.90. The number of carboxylic acid groups (broad SMARTS) is 1. The largest absolute Gasteiger partial charge is 0.496 e. The van der Waals surface area contributed by atoms with Gasteiger partial charge in [0, 0.05) is 12.1 Å². The average molecular weight is 432 g/mol. The van der Waals surface area contributed by atoms with Crippen LogP contribution < -0.4 is 14.8 Å². The second-order valence-corrected chi connectivity index (χ2v) is 7.56. The Bertz CT molecular complexity index is 1080. The van der Waals surface area contributed by atoms with Gasteiger partial charge in [-0.05, 0) is 53.8 Å². The molecule has 0 unspecified atom stereocenters. The quantitative estimate of drug-likeness (QED) is 0.443. The van der Waals surface area contributed by atoms with Crippen molar-refractivity contribution in [1.29, 1.82) is 0 Å². The van der Waals surface area contributed by atoms with E-state index >= 15 is 0 Å². The van der Waals surface area contributed by atoms with Crippen molar-refractivity contribution in [2.75, 3.05) is 14.2 Å². The number of hydrogen-bond acceptors (Lipinski definition) is 4. The number of carboxylic acids is 1. The molecule has 3 rings (SSSR count). The van der Waals surface area contributed by atoms with E-state index in [0.717, 1.165) is 16.7 Å². The van der Waals surface area contributed by atoms with Crippen molar-refractivity contribution in [3.05, 3.63) is 82.9 Å². The van der Waals surface area contributed by atoms with E-state index < -0.39 is 12.0 Å². The van der Waals surface area contributed by atoms with Crippen molar-refractivity contribution >= 4 is 18.1 Å². The zero-order valence-corrected chi connectivity index (χ0v) is 18.9. The summed E-state index contributed by atoms with van der Waals surface area (Å²) in [5.41, 5.74) is 6.44. The second kappa shape index (κ2) is 10.6. The first-order chi connectivity index (χ1) is 15.4. The summed E-state index contributed by atoms with van der Waals surface area (Å²) in [5.74, 6) is 0.378. The van der Waals surface area contributed by atoms with Gasteiger partial charge in [0.2, 0.25) is 0 Å². The molecule has 3 aromatic rings. The van der Waals surface area contributed by atoms with Crippen LogP contribution in [-0.2, 0) is 11.3 Å². The lowest BCUT2D eigenvalue weighted by molar-refractivity contribution is -0.139. The first-order valence-electron chi connectivity index (χ1n) is 10.5. The highest BCUT2D eigenvalue weighted by Gasteiger charge is 2.16. The van der Waals surface area contributed by atoms with Crippen molar-refractivity contribution in [3.8, 4) is 22.6 Å². The number of ether oxygens (including phenoxy) is 2. The minimum Gasteiger partial charge on any atom is -0.496 e. The minimum absolute atomic E-state index is 0.321. The van der Waals surface area contributed by atoms with Crippen LogP contribution in [0, 0.1) is 6.92 Å². The summed E-state index contributed by atoms with van der Waals surface area (Å²) in [6.07, 6.45) is 4.11. The Kier molecular flexibility index (Phi) is 7.68. The average Bonchev–Trinajstić information content (AvgIpc) is 2.82. The number of benzene rings is 3. The third-order valence-electron chi connectivity index (χ3n) is 5.50. The molecule has 166 valence electrons. The normalized spacial score (nSPS) is 12.0. The van der Waals surface area contributed by atoms with Gasteiger partial charge in [-0.25, -0.2) is 0 Å². The number of aliphatic carboxylic acids is 1. The minimum atomic E-state index is -0.907. The summed E-state index contributed by atoms with van der Waals surface area (Å²) in [4.78, 5) is 11.1. The molecule has 0 saturated heterocycles. The highest BCUT2D eigenvalue weighted by Crippen LogP contribution is 2.32. The van der Waals surface area contributed by atoms with Gasteiger partial charge in [0.05, 0.1) is 14.2 Å².